The Labute approximate surface area is 155 Å². The number of likely N-dealkylation sites (N-methyl/N-ethyl adjacent to an activating group) is 1. The Kier molecular flexibility index (Phi) is 5.06. The lowest BCUT2D eigenvalue weighted by Gasteiger charge is -2.32. The number of hydrogen-bond donors (Lipinski definition) is 0. The average Bonchev–Trinajstić information content (AvgIpc) is 2.84. The number of carbonyl (C=O) groups excluding carboxylic acids is 2. The normalized spacial score (nSPS) is 23.9. The summed E-state index contributed by atoms with van der Waals surface area (Å²) in [6.45, 7) is 12.5. The van der Waals surface area contributed by atoms with Crippen LogP contribution in [0.3, 0.4) is 0 Å². The van der Waals surface area contributed by atoms with E-state index in [-0.39, 0.29) is 5.78 Å². The predicted molar refractivity (Wildman–Crippen MR) is 101 cm³/mol. The van der Waals surface area contributed by atoms with Gasteiger partial charge in [-0.25, -0.2) is 4.79 Å². The molecule has 3 rings (SSSR count). The summed E-state index contributed by atoms with van der Waals surface area (Å²) < 4.78 is 5.52. The zero-order chi connectivity index (χ0) is 19.1. The molecule has 3 heterocycles. The van der Waals surface area contributed by atoms with Crippen LogP contribution in [0.2, 0.25) is 0 Å². The van der Waals surface area contributed by atoms with Crippen LogP contribution < -0.4 is 4.90 Å². The maximum Gasteiger partial charge on any atom is 0.415 e. The summed E-state index contributed by atoms with van der Waals surface area (Å²) in [5, 5.41) is 0. The first-order valence-corrected chi connectivity index (χ1v) is 9.50. The van der Waals surface area contributed by atoms with Gasteiger partial charge in [0.2, 0.25) is 5.78 Å². The second kappa shape index (κ2) is 6.99. The minimum Gasteiger partial charge on any atom is -0.443 e. The Balaban J connectivity index is 1.91. The van der Waals surface area contributed by atoms with Gasteiger partial charge in [0.05, 0.1) is 5.69 Å². The number of carbonyl (C=O) groups is 2. The lowest BCUT2D eigenvalue weighted by Crippen LogP contribution is -2.41. The minimum absolute atomic E-state index is 0.128. The van der Waals surface area contributed by atoms with Crippen LogP contribution in [0, 0.1) is 0 Å². The fourth-order valence-corrected chi connectivity index (χ4v) is 3.77. The van der Waals surface area contributed by atoms with Crippen molar-refractivity contribution in [2.75, 3.05) is 24.5 Å². The topological polar surface area (TPSA) is 62.7 Å². The molecular formula is C20H29N3O3. The molecule has 1 aromatic heterocycles. The summed E-state index contributed by atoms with van der Waals surface area (Å²) in [6, 6.07) is 1.39. The number of nitrogens with zero attached hydrogens (tertiary/aromatic N) is 3. The first-order valence-electron chi connectivity index (χ1n) is 9.50. The summed E-state index contributed by atoms with van der Waals surface area (Å²) >= 11 is 0. The highest BCUT2D eigenvalue weighted by atomic mass is 16.6. The Morgan fingerprint density at radius 3 is 2.77 bits per heavy atom. The van der Waals surface area contributed by atoms with E-state index in [9.17, 15) is 9.59 Å². The largest absolute Gasteiger partial charge is 0.443 e. The van der Waals surface area contributed by atoms with E-state index < -0.39 is 17.7 Å². The smallest absolute Gasteiger partial charge is 0.415 e. The molecule has 0 N–H and O–H groups in total. The molecule has 6 heteroatoms. The van der Waals surface area contributed by atoms with Crippen molar-refractivity contribution in [3.63, 3.8) is 0 Å². The van der Waals surface area contributed by atoms with Crippen LogP contribution in [0.15, 0.2) is 12.3 Å². The summed E-state index contributed by atoms with van der Waals surface area (Å²) in [5.41, 5.74) is 1.44. The minimum atomic E-state index is -0.612. The van der Waals surface area contributed by atoms with Crippen LogP contribution in [0.4, 0.5) is 10.5 Å². The van der Waals surface area contributed by atoms with Gasteiger partial charge in [-0.1, -0.05) is 6.92 Å². The molecule has 0 radical (unpaired) electrons. The maximum absolute atomic E-state index is 12.7. The second-order valence-electron chi connectivity index (χ2n) is 8.26. The van der Waals surface area contributed by atoms with Crippen LogP contribution in [-0.2, 0) is 4.74 Å². The fourth-order valence-electron chi connectivity index (χ4n) is 3.77. The van der Waals surface area contributed by atoms with E-state index >= 15 is 0 Å². The van der Waals surface area contributed by atoms with Gasteiger partial charge >= 0.3 is 6.09 Å². The SMILES string of the molecule is CCN1CCCC(c2cnc3c(c2)N(C(=O)OC(C)(C)C)C(C)C3=O)C1. The molecule has 0 spiro atoms. The molecule has 0 bridgehead atoms. The number of pyridine rings is 1. The molecule has 0 saturated carbocycles. The number of fused-ring (bicyclic) bond motifs is 1. The van der Waals surface area contributed by atoms with E-state index in [4.69, 9.17) is 4.74 Å². The molecule has 2 unspecified atom stereocenters. The van der Waals surface area contributed by atoms with Crippen molar-refractivity contribution in [3.8, 4) is 0 Å². The lowest BCUT2D eigenvalue weighted by atomic mass is 9.91. The number of hydrogen-bond acceptors (Lipinski definition) is 5. The summed E-state index contributed by atoms with van der Waals surface area (Å²) in [6.07, 6.45) is 3.58. The van der Waals surface area contributed by atoms with Gasteiger partial charge in [0.25, 0.3) is 0 Å². The maximum atomic E-state index is 12.7. The van der Waals surface area contributed by atoms with Gasteiger partial charge in [-0.2, -0.15) is 0 Å². The Hall–Kier alpha value is -1.95. The van der Waals surface area contributed by atoms with Crippen molar-refractivity contribution < 1.29 is 14.3 Å². The highest BCUT2D eigenvalue weighted by molar-refractivity contribution is 6.15. The third kappa shape index (κ3) is 3.61. The lowest BCUT2D eigenvalue weighted by molar-refractivity contribution is 0.0564. The summed E-state index contributed by atoms with van der Waals surface area (Å²) in [5.74, 6) is 0.254. The second-order valence-corrected chi connectivity index (χ2v) is 8.26. The molecule has 26 heavy (non-hydrogen) atoms. The Morgan fingerprint density at radius 2 is 2.12 bits per heavy atom. The standard InChI is InChI=1S/C20H29N3O3/c1-6-22-9-7-8-14(12-22)15-10-16-17(21-11-15)18(24)13(2)23(16)19(25)26-20(3,4)5/h10-11,13-14H,6-9,12H2,1-5H3. The Bertz CT molecular complexity index is 711. The van der Waals surface area contributed by atoms with E-state index in [1.54, 1.807) is 6.92 Å². The van der Waals surface area contributed by atoms with Gasteiger partial charge in [0.1, 0.15) is 17.3 Å². The molecule has 1 saturated heterocycles. The number of ether oxygens (including phenoxy) is 1. The van der Waals surface area contributed by atoms with Crippen molar-refractivity contribution in [2.24, 2.45) is 0 Å². The van der Waals surface area contributed by atoms with Gasteiger partial charge in [0, 0.05) is 12.7 Å². The number of amides is 1. The van der Waals surface area contributed by atoms with Crippen molar-refractivity contribution in [1.29, 1.82) is 0 Å². The molecule has 2 aliphatic rings. The van der Waals surface area contributed by atoms with Crippen molar-refractivity contribution in [1.82, 2.24) is 9.88 Å². The molecule has 142 valence electrons. The van der Waals surface area contributed by atoms with Gasteiger partial charge in [-0.05, 0) is 71.2 Å². The monoisotopic (exact) mass is 359 g/mol. The molecule has 6 nitrogen and oxygen atoms in total. The Morgan fingerprint density at radius 1 is 1.38 bits per heavy atom. The summed E-state index contributed by atoms with van der Waals surface area (Å²) in [4.78, 5) is 33.5. The molecule has 1 amide bonds. The predicted octanol–water partition coefficient (Wildman–Crippen LogP) is 3.61. The van der Waals surface area contributed by atoms with E-state index in [0.717, 1.165) is 38.0 Å². The number of rotatable bonds is 2. The van der Waals surface area contributed by atoms with Crippen LogP contribution in [0.1, 0.15) is 69.4 Å². The zero-order valence-corrected chi connectivity index (χ0v) is 16.4. The van der Waals surface area contributed by atoms with Gasteiger partial charge in [0.15, 0.2) is 0 Å². The van der Waals surface area contributed by atoms with Crippen LogP contribution in [0.25, 0.3) is 0 Å². The number of piperidine rings is 1. The molecule has 1 aromatic rings. The average molecular weight is 359 g/mol. The van der Waals surface area contributed by atoms with Gasteiger partial charge < -0.3 is 9.64 Å². The molecular weight excluding hydrogens is 330 g/mol. The fraction of sp³-hybridized carbons (Fsp3) is 0.650. The zero-order valence-electron chi connectivity index (χ0n) is 16.4. The van der Waals surface area contributed by atoms with E-state index in [0.29, 0.717) is 17.3 Å². The molecule has 1 fully saturated rings. The number of likely N-dealkylation sites (tertiary alicyclic amines) is 1. The quantitative estimate of drug-likeness (QED) is 0.807. The van der Waals surface area contributed by atoms with Crippen LogP contribution in [-0.4, -0.2) is 53.0 Å². The third-order valence-electron chi connectivity index (χ3n) is 5.16. The highest BCUT2D eigenvalue weighted by Crippen LogP contribution is 2.36. The first kappa shape index (κ1) is 18.8. The van der Waals surface area contributed by atoms with Gasteiger partial charge in [-0.3, -0.25) is 14.7 Å². The van der Waals surface area contributed by atoms with E-state index in [2.05, 4.69) is 16.8 Å². The van der Waals surface area contributed by atoms with Crippen LogP contribution >= 0.6 is 0 Å². The number of ketones is 1. The highest BCUT2D eigenvalue weighted by Gasteiger charge is 2.41. The van der Waals surface area contributed by atoms with Crippen molar-refractivity contribution >= 4 is 17.6 Å². The molecule has 0 aliphatic carbocycles. The molecule has 2 atom stereocenters. The number of anilines is 1. The number of Topliss-reactive ketones (excluding diaryl/α,β-unsaturated/α-hetero) is 1. The molecule has 0 aromatic carbocycles. The van der Waals surface area contributed by atoms with Crippen molar-refractivity contribution in [3.05, 3.63) is 23.5 Å². The van der Waals surface area contributed by atoms with E-state index in [1.165, 1.54) is 4.90 Å². The number of aromatic nitrogens is 1. The van der Waals surface area contributed by atoms with E-state index in [1.807, 2.05) is 33.0 Å². The third-order valence-corrected chi connectivity index (χ3v) is 5.16. The van der Waals surface area contributed by atoms with Gasteiger partial charge in [-0.15, -0.1) is 0 Å². The molecule has 2 aliphatic heterocycles. The van der Waals surface area contributed by atoms with Crippen molar-refractivity contribution in [2.45, 2.75) is 65.0 Å². The summed E-state index contributed by atoms with van der Waals surface area (Å²) in [7, 11) is 0. The first-order chi connectivity index (χ1) is 12.2. The van der Waals surface area contributed by atoms with Crippen LogP contribution in [0.5, 0.6) is 0 Å².